The lowest BCUT2D eigenvalue weighted by Crippen LogP contribution is -2.36. The molecule has 0 saturated carbocycles. The molecule has 0 saturated heterocycles. The zero-order valence-electron chi connectivity index (χ0n) is 17.3. The van der Waals surface area contributed by atoms with E-state index in [0.717, 1.165) is 16.7 Å². The summed E-state index contributed by atoms with van der Waals surface area (Å²) in [5, 5.41) is 3.57. The van der Waals surface area contributed by atoms with Gasteiger partial charge in [-0.1, -0.05) is 23.8 Å². The van der Waals surface area contributed by atoms with E-state index >= 15 is 0 Å². The summed E-state index contributed by atoms with van der Waals surface area (Å²) in [4.78, 5) is 17.3. The van der Waals surface area contributed by atoms with E-state index in [1.165, 1.54) is 16.1 Å². The van der Waals surface area contributed by atoms with Gasteiger partial charge in [-0.3, -0.25) is 4.79 Å². The van der Waals surface area contributed by atoms with Gasteiger partial charge in [0, 0.05) is 25.0 Å². The number of thioether (sulfide) groups is 1. The summed E-state index contributed by atoms with van der Waals surface area (Å²) >= 11 is 1.41. The molecule has 2 heterocycles. The number of pyridine rings is 1. The molecule has 1 amide bonds. The number of fused-ring (bicyclic) bond motifs is 1. The molecule has 31 heavy (non-hydrogen) atoms. The van der Waals surface area contributed by atoms with Crippen molar-refractivity contribution < 1.29 is 13.2 Å². The van der Waals surface area contributed by atoms with Crippen LogP contribution < -0.4 is 5.32 Å². The van der Waals surface area contributed by atoms with Crippen LogP contribution in [0.3, 0.4) is 0 Å². The SMILES string of the molecule is CSc1ncccc1C(=O)Nc1ccc2c(c1)CN(S(=O)(=O)c1ccc(C)cc1)CC2. The number of carbonyl (C=O) groups is 1. The molecule has 1 aliphatic rings. The first kappa shape index (κ1) is 21.5. The van der Waals surface area contributed by atoms with Gasteiger partial charge in [0.15, 0.2) is 0 Å². The van der Waals surface area contributed by atoms with E-state index in [1.807, 2.05) is 31.4 Å². The van der Waals surface area contributed by atoms with Crippen LogP contribution in [0.15, 0.2) is 70.7 Å². The first-order valence-corrected chi connectivity index (χ1v) is 12.5. The van der Waals surface area contributed by atoms with Crippen molar-refractivity contribution in [3.8, 4) is 0 Å². The summed E-state index contributed by atoms with van der Waals surface area (Å²) in [7, 11) is -3.57. The Morgan fingerprint density at radius 3 is 2.61 bits per heavy atom. The highest BCUT2D eigenvalue weighted by atomic mass is 32.2. The molecule has 0 atom stereocenters. The van der Waals surface area contributed by atoms with Crippen LogP contribution in [0.2, 0.25) is 0 Å². The molecule has 0 unspecified atom stereocenters. The van der Waals surface area contributed by atoms with E-state index in [-0.39, 0.29) is 12.5 Å². The molecule has 0 spiro atoms. The van der Waals surface area contributed by atoms with Gasteiger partial charge in [-0.2, -0.15) is 4.31 Å². The fraction of sp³-hybridized carbons (Fsp3) is 0.217. The summed E-state index contributed by atoms with van der Waals surface area (Å²) < 4.78 is 27.6. The monoisotopic (exact) mass is 453 g/mol. The van der Waals surface area contributed by atoms with Crippen molar-refractivity contribution in [2.45, 2.75) is 29.8 Å². The molecule has 0 fully saturated rings. The molecule has 0 aliphatic carbocycles. The van der Waals surface area contributed by atoms with Crippen LogP contribution in [0.4, 0.5) is 5.69 Å². The number of aromatic nitrogens is 1. The summed E-state index contributed by atoms with van der Waals surface area (Å²) in [6.45, 7) is 2.64. The molecular formula is C23H23N3O3S2. The second kappa shape index (κ2) is 8.82. The Morgan fingerprint density at radius 2 is 1.87 bits per heavy atom. The number of nitrogens with one attached hydrogen (secondary N) is 1. The highest BCUT2D eigenvalue weighted by Crippen LogP contribution is 2.28. The molecule has 0 radical (unpaired) electrons. The topological polar surface area (TPSA) is 79.4 Å². The van der Waals surface area contributed by atoms with Crippen molar-refractivity contribution in [1.29, 1.82) is 0 Å². The average Bonchev–Trinajstić information content (AvgIpc) is 2.78. The van der Waals surface area contributed by atoms with Gasteiger partial charge in [0.1, 0.15) is 5.03 Å². The molecule has 2 aromatic carbocycles. The molecule has 4 rings (SSSR count). The number of carbonyl (C=O) groups excluding carboxylic acids is 1. The van der Waals surface area contributed by atoms with E-state index in [4.69, 9.17) is 0 Å². The predicted octanol–water partition coefficient (Wildman–Crippen LogP) is 4.11. The average molecular weight is 454 g/mol. The predicted molar refractivity (Wildman–Crippen MR) is 123 cm³/mol. The molecule has 3 aromatic rings. The number of benzene rings is 2. The lowest BCUT2D eigenvalue weighted by Gasteiger charge is -2.28. The third-order valence-electron chi connectivity index (χ3n) is 5.31. The van der Waals surface area contributed by atoms with Crippen molar-refractivity contribution in [3.05, 3.63) is 83.0 Å². The first-order chi connectivity index (χ1) is 14.9. The van der Waals surface area contributed by atoms with Gasteiger partial charge in [0.25, 0.3) is 5.91 Å². The second-order valence-corrected chi connectivity index (χ2v) is 10.1. The van der Waals surface area contributed by atoms with E-state index < -0.39 is 10.0 Å². The maximum absolute atomic E-state index is 13.1. The highest BCUT2D eigenvalue weighted by molar-refractivity contribution is 7.98. The van der Waals surface area contributed by atoms with Crippen LogP contribution in [-0.4, -0.2) is 36.4 Å². The van der Waals surface area contributed by atoms with Gasteiger partial charge in [-0.15, -0.1) is 11.8 Å². The largest absolute Gasteiger partial charge is 0.322 e. The zero-order chi connectivity index (χ0) is 22.0. The van der Waals surface area contributed by atoms with Gasteiger partial charge in [-0.25, -0.2) is 13.4 Å². The van der Waals surface area contributed by atoms with Crippen LogP contribution in [0.1, 0.15) is 27.0 Å². The molecule has 1 N–H and O–H groups in total. The lowest BCUT2D eigenvalue weighted by atomic mass is 10.0. The standard InChI is InChI=1S/C23H23N3O3S2/c1-16-5-9-20(10-6-16)31(28,29)26-13-11-17-7-8-19(14-18(17)15-26)25-22(27)21-4-3-12-24-23(21)30-2/h3-10,12,14H,11,13,15H2,1-2H3,(H,25,27). The molecular weight excluding hydrogens is 430 g/mol. The van der Waals surface area contributed by atoms with E-state index in [0.29, 0.717) is 34.1 Å². The minimum absolute atomic E-state index is 0.239. The third-order valence-corrected chi connectivity index (χ3v) is 7.88. The summed E-state index contributed by atoms with van der Waals surface area (Å²) in [5.74, 6) is -0.239. The van der Waals surface area contributed by atoms with Gasteiger partial charge >= 0.3 is 0 Å². The second-order valence-electron chi connectivity index (χ2n) is 7.40. The maximum Gasteiger partial charge on any atom is 0.258 e. The maximum atomic E-state index is 13.1. The van der Waals surface area contributed by atoms with Gasteiger partial charge in [0.2, 0.25) is 10.0 Å². The number of hydrogen-bond donors (Lipinski definition) is 1. The Labute approximate surface area is 186 Å². The molecule has 0 bridgehead atoms. The summed E-state index contributed by atoms with van der Waals surface area (Å²) in [6, 6.07) is 16.0. The molecule has 160 valence electrons. The Bertz CT molecular complexity index is 1230. The lowest BCUT2D eigenvalue weighted by molar-refractivity contribution is 0.102. The quantitative estimate of drug-likeness (QED) is 0.588. The van der Waals surface area contributed by atoms with E-state index in [2.05, 4.69) is 10.3 Å². The number of sulfonamides is 1. The molecule has 1 aromatic heterocycles. The fourth-order valence-electron chi connectivity index (χ4n) is 3.60. The summed E-state index contributed by atoms with van der Waals surface area (Å²) in [5.41, 5.74) is 4.16. The van der Waals surface area contributed by atoms with Crippen molar-refractivity contribution >= 4 is 33.4 Å². The van der Waals surface area contributed by atoms with Crippen LogP contribution in [0, 0.1) is 6.92 Å². The van der Waals surface area contributed by atoms with Crippen LogP contribution in [0.25, 0.3) is 0 Å². The number of rotatable bonds is 5. The van der Waals surface area contributed by atoms with Crippen molar-refractivity contribution in [2.24, 2.45) is 0 Å². The summed E-state index contributed by atoms with van der Waals surface area (Å²) in [6.07, 6.45) is 4.17. The number of hydrogen-bond acceptors (Lipinski definition) is 5. The van der Waals surface area contributed by atoms with Gasteiger partial charge in [0.05, 0.1) is 10.5 Å². The van der Waals surface area contributed by atoms with Crippen LogP contribution >= 0.6 is 11.8 Å². The smallest absolute Gasteiger partial charge is 0.258 e. The van der Waals surface area contributed by atoms with E-state index in [9.17, 15) is 13.2 Å². The number of anilines is 1. The normalized spacial score (nSPS) is 14.1. The highest BCUT2D eigenvalue weighted by Gasteiger charge is 2.28. The van der Waals surface area contributed by atoms with Crippen molar-refractivity contribution in [2.75, 3.05) is 18.1 Å². The zero-order valence-corrected chi connectivity index (χ0v) is 19.0. The number of nitrogens with zero attached hydrogens (tertiary/aromatic N) is 2. The molecule has 1 aliphatic heterocycles. The van der Waals surface area contributed by atoms with E-state index in [1.54, 1.807) is 42.6 Å². The van der Waals surface area contributed by atoms with Crippen molar-refractivity contribution in [1.82, 2.24) is 9.29 Å². The first-order valence-electron chi connectivity index (χ1n) is 9.87. The Morgan fingerprint density at radius 1 is 1.10 bits per heavy atom. The molecule has 6 nitrogen and oxygen atoms in total. The Hall–Kier alpha value is -2.68. The van der Waals surface area contributed by atoms with Gasteiger partial charge in [-0.05, 0) is 67.1 Å². The fourth-order valence-corrected chi connectivity index (χ4v) is 5.56. The third kappa shape index (κ3) is 4.51. The van der Waals surface area contributed by atoms with Crippen molar-refractivity contribution in [3.63, 3.8) is 0 Å². The minimum atomic E-state index is -3.57. The Balaban J connectivity index is 1.55. The van der Waals surface area contributed by atoms with Gasteiger partial charge < -0.3 is 5.32 Å². The minimum Gasteiger partial charge on any atom is -0.322 e. The molecule has 8 heteroatoms. The Kier molecular flexibility index (Phi) is 6.13. The number of amides is 1. The van der Waals surface area contributed by atoms with Crippen LogP contribution in [0.5, 0.6) is 0 Å². The number of aryl methyl sites for hydroxylation is 1. The van der Waals surface area contributed by atoms with Crippen LogP contribution in [-0.2, 0) is 23.0 Å².